The fraction of sp³-hybridized carbons (Fsp3) is 0.318. The quantitative estimate of drug-likeness (QED) is 0.546. The zero-order valence-electron chi connectivity index (χ0n) is 16.4. The van der Waals surface area contributed by atoms with Gasteiger partial charge < -0.3 is 13.8 Å². The molecule has 29 heavy (non-hydrogen) atoms. The molecular weight excluding hydrogens is 390 g/mol. The predicted octanol–water partition coefficient (Wildman–Crippen LogP) is 4.74. The second-order valence-electron chi connectivity index (χ2n) is 7.01. The van der Waals surface area contributed by atoms with Crippen molar-refractivity contribution in [3.63, 3.8) is 0 Å². The molecule has 0 amide bonds. The molecule has 2 heterocycles. The molecule has 2 aromatic carbocycles. The van der Waals surface area contributed by atoms with E-state index >= 15 is 0 Å². The van der Waals surface area contributed by atoms with Crippen molar-refractivity contribution in [1.82, 2.24) is 4.98 Å². The van der Waals surface area contributed by atoms with Crippen LogP contribution in [0.1, 0.15) is 26.2 Å². The van der Waals surface area contributed by atoms with Gasteiger partial charge >= 0.3 is 0 Å². The molecule has 4 rings (SSSR count). The summed E-state index contributed by atoms with van der Waals surface area (Å²) in [6.07, 6.45) is 3.24. The van der Waals surface area contributed by atoms with Gasteiger partial charge in [-0.25, -0.2) is 9.37 Å². The van der Waals surface area contributed by atoms with E-state index in [1.165, 1.54) is 12.1 Å². The van der Waals surface area contributed by atoms with Gasteiger partial charge in [0.1, 0.15) is 5.82 Å². The van der Waals surface area contributed by atoms with Crippen LogP contribution in [0.2, 0.25) is 0 Å². The number of hydrogen-bond donors (Lipinski definition) is 0. The van der Waals surface area contributed by atoms with Gasteiger partial charge in [0, 0.05) is 24.0 Å². The molecular formula is C22H24FN2O3P. The van der Waals surface area contributed by atoms with E-state index in [1.54, 1.807) is 24.3 Å². The molecule has 1 saturated heterocycles. The Bertz CT molecular complexity index is 999. The molecule has 0 bridgehead atoms. The summed E-state index contributed by atoms with van der Waals surface area (Å²) >= 11 is 0. The molecule has 0 aliphatic carbocycles. The summed E-state index contributed by atoms with van der Waals surface area (Å²) in [6, 6.07) is 15.1. The summed E-state index contributed by atoms with van der Waals surface area (Å²) in [6.45, 7) is 3.72. The van der Waals surface area contributed by atoms with E-state index in [0.29, 0.717) is 28.1 Å². The van der Waals surface area contributed by atoms with Crippen LogP contribution in [0.4, 0.5) is 10.3 Å². The molecule has 7 heteroatoms. The Kier molecular flexibility index (Phi) is 5.84. The SMILES string of the molecule is CCO[P@](=O)(c1ccccc1)c1nc(-c2ccc(F)cc2)oc1N1CCCCC1. The summed E-state index contributed by atoms with van der Waals surface area (Å²) in [4.78, 5) is 6.72. The van der Waals surface area contributed by atoms with Crippen molar-refractivity contribution in [2.45, 2.75) is 26.2 Å². The molecule has 152 valence electrons. The van der Waals surface area contributed by atoms with E-state index in [9.17, 15) is 8.96 Å². The van der Waals surface area contributed by atoms with Crippen LogP contribution in [-0.2, 0) is 9.09 Å². The highest BCUT2D eigenvalue weighted by Crippen LogP contribution is 2.48. The summed E-state index contributed by atoms with van der Waals surface area (Å²) in [5.41, 5.74) is 0.957. The van der Waals surface area contributed by atoms with Crippen LogP contribution < -0.4 is 15.6 Å². The minimum atomic E-state index is -3.46. The van der Waals surface area contributed by atoms with Crippen LogP contribution in [0, 0.1) is 5.82 Å². The number of anilines is 1. The number of piperidine rings is 1. The zero-order valence-corrected chi connectivity index (χ0v) is 17.3. The number of nitrogens with zero attached hydrogens (tertiary/aromatic N) is 2. The molecule has 1 aliphatic heterocycles. The van der Waals surface area contributed by atoms with Crippen molar-refractivity contribution in [2.75, 3.05) is 24.6 Å². The molecule has 3 aromatic rings. The first kappa shape index (κ1) is 19.9. The molecule has 5 nitrogen and oxygen atoms in total. The number of rotatable bonds is 6. The van der Waals surface area contributed by atoms with E-state index in [1.807, 2.05) is 25.1 Å². The number of oxazole rings is 1. The summed E-state index contributed by atoms with van der Waals surface area (Å²) in [5, 5.41) is 0.582. The molecule has 1 aromatic heterocycles. The van der Waals surface area contributed by atoms with Gasteiger partial charge in [-0.05, 0) is 62.6 Å². The Morgan fingerprint density at radius 3 is 2.41 bits per heavy atom. The van der Waals surface area contributed by atoms with Crippen molar-refractivity contribution in [1.29, 1.82) is 0 Å². The Balaban J connectivity index is 1.87. The first-order valence-corrected chi connectivity index (χ1v) is 11.6. The summed E-state index contributed by atoms with van der Waals surface area (Å²) in [5.74, 6) is 0.474. The number of hydrogen-bond acceptors (Lipinski definition) is 5. The van der Waals surface area contributed by atoms with Gasteiger partial charge in [-0.2, -0.15) is 0 Å². The lowest BCUT2D eigenvalue weighted by atomic mass is 10.1. The summed E-state index contributed by atoms with van der Waals surface area (Å²) in [7, 11) is -3.46. The van der Waals surface area contributed by atoms with E-state index in [4.69, 9.17) is 8.94 Å². The lowest BCUT2D eigenvalue weighted by Crippen LogP contribution is -2.34. The summed E-state index contributed by atoms with van der Waals surface area (Å²) < 4.78 is 39.5. The van der Waals surface area contributed by atoms with E-state index in [0.717, 1.165) is 32.4 Å². The first-order valence-electron chi connectivity index (χ1n) is 9.94. The fourth-order valence-electron chi connectivity index (χ4n) is 3.58. The number of halogens is 1. The Morgan fingerprint density at radius 2 is 1.76 bits per heavy atom. The maximum absolute atomic E-state index is 14.1. The standard InChI is InChI=1S/C22H24FN2O3P/c1-2-27-29(26,19-9-5-3-6-10-19)21-22(25-15-7-4-8-16-25)28-20(24-21)17-11-13-18(23)14-12-17/h3,5-6,9-14H,2,4,7-8,15-16H2,1H3/t29-/m1/s1. The van der Waals surface area contributed by atoms with Crippen molar-refractivity contribution < 1.29 is 17.9 Å². The van der Waals surface area contributed by atoms with E-state index < -0.39 is 7.37 Å². The maximum atomic E-state index is 14.1. The van der Waals surface area contributed by atoms with Crippen LogP contribution in [0.15, 0.2) is 59.0 Å². The second kappa shape index (κ2) is 8.52. The first-order chi connectivity index (χ1) is 14.1. The third-order valence-corrected chi connectivity index (χ3v) is 7.46. The maximum Gasteiger partial charge on any atom is 0.284 e. The average Bonchev–Trinajstić information content (AvgIpc) is 3.22. The third-order valence-electron chi connectivity index (χ3n) is 5.01. The molecule has 0 saturated carbocycles. The van der Waals surface area contributed by atoms with Gasteiger partial charge in [0.25, 0.3) is 7.37 Å². The Labute approximate surface area is 170 Å². The van der Waals surface area contributed by atoms with E-state index in [2.05, 4.69) is 9.88 Å². The topological polar surface area (TPSA) is 55.6 Å². The molecule has 0 unspecified atom stereocenters. The van der Waals surface area contributed by atoms with Crippen LogP contribution in [-0.4, -0.2) is 24.7 Å². The van der Waals surface area contributed by atoms with Gasteiger partial charge in [-0.1, -0.05) is 18.2 Å². The van der Waals surface area contributed by atoms with Gasteiger partial charge in [-0.15, -0.1) is 0 Å². The van der Waals surface area contributed by atoms with Gasteiger partial charge in [0.15, 0.2) is 5.44 Å². The molecule has 0 N–H and O–H groups in total. The Hall–Kier alpha value is -2.43. The monoisotopic (exact) mass is 414 g/mol. The molecule has 0 spiro atoms. The van der Waals surface area contributed by atoms with E-state index in [-0.39, 0.29) is 12.4 Å². The van der Waals surface area contributed by atoms with Crippen molar-refractivity contribution in [3.8, 4) is 11.5 Å². The second-order valence-corrected chi connectivity index (χ2v) is 9.31. The predicted molar refractivity (Wildman–Crippen MR) is 113 cm³/mol. The zero-order chi connectivity index (χ0) is 20.3. The fourth-order valence-corrected chi connectivity index (χ4v) is 5.68. The van der Waals surface area contributed by atoms with Crippen LogP contribution in [0.5, 0.6) is 0 Å². The van der Waals surface area contributed by atoms with Gasteiger partial charge in [0.2, 0.25) is 11.8 Å². The molecule has 0 radical (unpaired) electrons. The normalized spacial score (nSPS) is 16.6. The van der Waals surface area contributed by atoms with Crippen LogP contribution in [0.3, 0.4) is 0 Å². The van der Waals surface area contributed by atoms with Crippen molar-refractivity contribution in [2.24, 2.45) is 0 Å². The highest BCUT2D eigenvalue weighted by Gasteiger charge is 2.38. The smallest absolute Gasteiger partial charge is 0.284 e. The molecule has 1 fully saturated rings. The highest BCUT2D eigenvalue weighted by molar-refractivity contribution is 7.74. The minimum absolute atomic E-state index is 0.282. The third kappa shape index (κ3) is 4.00. The highest BCUT2D eigenvalue weighted by atomic mass is 31.2. The Morgan fingerprint density at radius 1 is 1.07 bits per heavy atom. The average molecular weight is 414 g/mol. The number of aromatic nitrogens is 1. The molecule has 1 atom stereocenters. The lowest BCUT2D eigenvalue weighted by molar-refractivity contribution is 0.347. The minimum Gasteiger partial charge on any atom is -0.420 e. The van der Waals surface area contributed by atoms with Crippen molar-refractivity contribution in [3.05, 3.63) is 60.4 Å². The van der Waals surface area contributed by atoms with Crippen LogP contribution in [0.25, 0.3) is 11.5 Å². The molecule has 1 aliphatic rings. The van der Waals surface area contributed by atoms with Gasteiger partial charge in [0.05, 0.1) is 6.61 Å². The van der Waals surface area contributed by atoms with Gasteiger partial charge in [-0.3, -0.25) is 4.57 Å². The van der Waals surface area contributed by atoms with Crippen LogP contribution >= 0.6 is 7.37 Å². The number of benzene rings is 2. The largest absolute Gasteiger partial charge is 0.420 e. The van der Waals surface area contributed by atoms with Crippen molar-refractivity contribution >= 4 is 24.0 Å². The lowest BCUT2D eigenvalue weighted by Gasteiger charge is -2.28.